The highest BCUT2D eigenvalue weighted by Gasteiger charge is 2.37. The van der Waals surface area contributed by atoms with Crippen LogP contribution in [0.1, 0.15) is 46.5 Å². The standard InChI is InChI=1S/C14H25NO/c1-5-6-14(9-13(4)16)7-8-15(11-14)10-12(2)3/h2,5-11H2,1,3-4H3. The average molecular weight is 223 g/mol. The van der Waals surface area contributed by atoms with E-state index in [-0.39, 0.29) is 5.41 Å². The molecule has 2 nitrogen and oxygen atoms in total. The van der Waals surface area contributed by atoms with Gasteiger partial charge in [0.2, 0.25) is 0 Å². The predicted molar refractivity (Wildman–Crippen MR) is 68.5 cm³/mol. The van der Waals surface area contributed by atoms with Gasteiger partial charge in [0.15, 0.2) is 0 Å². The fourth-order valence-corrected chi connectivity index (χ4v) is 3.04. The minimum absolute atomic E-state index is 0.260. The van der Waals surface area contributed by atoms with Gasteiger partial charge < -0.3 is 4.79 Å². The maximum absolute atomic E-state index is 11.4. The molecule has 1 rings (SSSR count). The van der Waals surface area contributed by atoms with Crippen LogP contribution in [-0.4, -0.2) is 30.3 Å². The first-order valence-electron chi connectivity index (χ1n) is 6.33. The maximum Gasteiger partial charge on any atom is 0.130 e. The lowest BCUT2D eigenvalue weighted by atomic mass is 9.78. The molecule has 0 bridgehead atoms. The lowest BCUT2D eigenvalue weighted by Crippen LogP contribution is -2.29. The number of carbonyl (C=O) groups is 1. The van der Waals surface area contributed by atoms with Crippen molar-refractivity contribution in [3.8, 4) is 0 Å². The van der Waals surface area contributed by atoms with E-state index in [1.165, 1.54) is 24.8 Å². The highest BCUT2D eigenvalue weighted by Crippen LogP contribution is 2.38. The first kappa shape index (κ1) is 13.4. The van der Waals surface area contributed by atoms with Crippen LogP contribution in [0, 0.1) is 5.41 Å². The lowest BCUT2D eigenvalue weighted by Gasteiger charge is -2.28. The van der Waals surface area contributed by atoms with Gasteiger partial charge in [-0.25, -0.2) is 0 Å². The second-order valence-corrected chi connectivity index (χ2v) is 5.55. The van der Waals surface area contributed by atoms with Crippen LogP contribution >= 0.6 is 0 Å². The van der Waals surface area contributed by atoms with Crippen LogP contribution in [0.5, 0.6) is 0 Å². The van der Waals surface area contributed by atoms with E-state index in [2.05, 4.69) is 25.3 Å². The van der Waals surface area contributed by atoms with Gasteiger partial charge in [0.05, 0.1) is 0 Å². The molecule has 1 unspecified atom stereocenters. The van der Waals surface area contributed by atoms with Crippen molar-refractivity contribution < 1.29 is 4.79 Å². The number of rotatable bonds is 6. The Morgan fingerprint density at radius 2 is 2.12 bits per heavy atom. The number of carbonyl (C=O) groups excluding carboxylic acids is 1. The molecular weight excluding hydrogens is 198 g/mol. The number of hydrogen-bond acceptors (Lipinski definition) is 2. The second kappa shape index (κ2) is 5.62. The van der Waals surface area contributed by atoms with Gasteiger partial charge in [-0.15, -0.1) is 0 Å². The summed E-state index contributed by atoms with van der Waals surface area (Å²) in [5, 5.41) is 0. The highest BCUT2D eigenvalue weighted by atomic mass is 16.1. The van der Waals surface area contributed by atoms with E-state index < -0.39 is 0 Å². The van der Waals surface area contributed by atoms with E-state index in [1.807, 2.05) is 0 Å². The van der Waals surface area contributed by atoms with Gasteiger partial charge in [-0.2, -0.15) is 0 Å². The van der Waals surface area contributed by atoms with Gasteiger partial charge in [0.25, 0.3) is 0 Å². The molecule has 0 aromatic carbocycles. The summed E-state index contributed by atoms with van der Waals surface area (Å²) in [5.41, 5.74) is 1.48. The van der Waals surface area contributed by atoms with Crippen LogP contribution in [0.2, 0.25) is 0 Å². The molecule has 1 fully saturated rings. The van der Waals surface area contributed by atoms with Gasteiger partial charge in [0, 0.05) is 19.5 Å². The largest absolute Gasteiger partial charge is 0.300 e. The van der Waals surface area contributed by atoms with E-state index >= 15 is 0 Å². The minimum Gasteiger partial charge on any atom is -0.300 e. The van der Waals surface area contributed by atoms with Crippen molar-refractivity contribution in [1.29, 1.82) is 0 Å². The Morgan fingerprint density at radius 1 is 1.44 bits per heavy atom. The lowest BCUT2D eigenvalue weighted by molar-refractivity contribution is -0.119. The van der Waals surface area contributed by atoms with Crippen LogP contribution in [0.15, 0.2) is 12.2 Å². The Kier molecular flexibility index (Phi) is 4.72. The zero-order chi connectivity index (χ0) is 12.2. The summed E-state index contributed by atoms with van der Waals surface area (Å²) in [7, 11) is 0. The van der Waals surface area contributed by atoms with Crippen molar-refractivity contribution in [2.24, 2.45) is 5.41 Å². The van der Waals surface area contributed by atoms with Gasteiger partial charge >= 0.3 is 0 Å². The SMILES string of the molecule is C=C(C)CN1CCC(CCC)(CC(C)=O)C1. The van der Waals surface area contributed by atoms with Crippen molar-refractivity contribution >= 4 is 5.78 Å². The summed E-state index contributed by atoms with van der Waals surface area (Å²) in [6, 6.07) is 0. The molecule has 0 amide bonds. The summed E-state index contributed by atoms with van der Waals surface area (Å²) < 4.78 is 0. The Hall–Kier alpha value is -0.630. The van der Waals surface area contributed by atoms with Crippen molar-refractivity contribution in [1.82, 2.24) is 4.90 Å². The van der Waals surface area contributed by atoms with Crippen LogP contribution in [-0.2, 0) is 4.79 Å². The molecule has 2 heteroatoms. The van der Waals surface area contributed by atoms with Gasteiger partial charge in [-0.1, -0.05) is 25.5 Å². The summed E-state index contributed by atoms with van der Waals surface area (Å²) >= 11 is 0. The van der Waals surface area contributed by atoms with E-state index in [0.29, 0.717) is 5.78 Å². The smallest absolute Gasteiger partial charge is 0.130 e. The molecule has 0 aliphatic carbocycles. The summed E-state index contributed by atoms with van der Waals surface area (Å²) in [5.74, 6) is 0.339. The van der Waals surface area contributed by atoms with Crippen molar-refractivity contribution in [3.05, 3.63) is 12.2 Å². The number of Topliss-reactive ketones (excluding diaryl/α,β-unsaturated/α-hetero) is 1. The van der Waals surface area contributed by atoms with Crippen LogP contribution in [0.4, 0.5) is 0 Å². The first-order valence-corrected chi connectivity index (χ1v) is 6.33. The van der Waals surface area contributed by atoms with E-state index in [9.17, 15) is 4.79 Å². The topological polar surface area (TPSA) is 20.3 Å². The summed E-state index contributed by atoms with van der Waals surface area (Å²) in [6.07, 6.45) is 4.29. The van der Waals surface area contributed by atoms with Crippen LogP contribution in [0.3, 0.4) is 0 Å². The molecule has 1 heterocycles. The average Bonchev–Trinajstić information content (AvgIpc) is 2.46. The third-order valence-corrected chi connectivity index (χ3v) is 3.42. The maximum atomic E-state index is 11.4. The Labute approximate surface area is 99.7 Å². The Morgan fingerprint density at radius 3 is 2.62 bits per heavy atom. The first-order chi connectivity index (χ1) is 7.47. The van der Waals surface area contributed by atoms with Crippen LogP contribution in [0.25, 0.3) is 0 Å². The molecule has 0 radical (unpaired) electrons. The van der Waals surface area contributed by atoms with Crippen molar-refractivity contribution in [2.75, 3.05) is 19.6 Å². The summed E-state index contributed by atoms with van der Waals surface area (Å²) in [4.78, 5) is 13.8. The van der Waals surface area contributed by atoms with Crippen molar-refractivity contribution in [2.45, 2.75) is 46.5 Å². The number of hydrogen-bond donors (Lipinski definition) is 0. The fraction of sp³-hybridized carbons (Fsp3) is 0.786. The number of likely N-dealkylation sites (tertiary alicyclic amines) is 1. The van der Waals surface area contributed by atoms with E-state index in [4.69, 9.17) is 0 Å². The third kappa shape index (κ3) is 3.75. The molecule has 0 saturated carbocycles. The molecule has 1 atom stereocenters. The molecular formula is C14H25NO. The number of nitrogens with zero attached hydrogens (tertiary/aromatic N) is 1. The molecule has 0 N–H and O–H groups in total. The van der Waals surface area contributed by atoms with Crippen molar-refractivity contribution in [3.63, 3.8) is 0 Å². The molecule has 0 spiro atoms. The van der Waals surface area contributed by atoms with Gasteiger partial charge in [-0.3, -0.25) is 4.90 Å². The highest BCUT2D eigenvalue weighted by molar-refractivity contribution is 5.76. The zero-order valence-electron chi connectivity index (χ0n) is 11.0. The monoisotopic (exact) mass is 223 g/mol. The summed E-state index contributed by atoms with van der Waals surface area (Å²) in [6.45, 7) is 13.2. The fourth-order valence-electron chi connectivity index (χ4n) is 3.04. The van der Waals surface area contributed by atoms with Crippen LogP contribution < -0.4 is 0 Å². The predicted octanol–water partition coefficient (Wildman–Crippen LogP) is 3.03. The van der Waals surface area contributed by atoms with Gasteiger partial charge in [-0.05, 0) is 38.6 Å². The zero-order valence-corrected chi connectivity index (χ0v) is 11.0. The molecule has 16 heavy (non-hydrogen) atoms. The Balaban J connectivity index is 2.60. The molecule has 0 aromatic heterocycles. The van der Waals surface area contributed by atoms with Gasteiger partial charge in [0.1, 0.15) is 5.78 Å². The molecule has 1 aliphatic rings. The quantitative estimate of drug-likeness (QED) is 0.645. The normalized spacial score (nSPS) is 25.9. The minimum atomic E-state index is 0.260. The third-order valence-electron chi connectivity index (χ3n) is 3.42. The molecule has 1 saturated heterocycles. The molecule has 0 aromatic rings. The molecule has 92 valence electrons. The van der Waals surface area contributed by atoms with E-state index in [0.717, 1.165) is 26.1 Å². The van der Waals surface area contributed by atoms with E-state index in [1.54, 1.807) is 6.92 Å². The Bertz CT molecular complexity index is 272. The number of ketones is 1. The molecule has 1 aliphatic heterocycles. The second-order valence-electron chi connectivity index (χ2n) is 5.55.